The number of H-pyrrole nitrogens is 1. The Hall–Kier alpha value is -2.07. The fourth-order valence-corrected chi connectivity index (χ4v) is 3.21. The van der Waals surface area contributed by atoms with E-state index in [0.717, 1.165) is 37.2 Å². The number of nitrogens with zero attached hydrogens (tertiary/aromatic N) is 1. The minimum atomic E-state index is 0.0386. The number of aromatic amines is 1. The SMILES string of the molecule is Cc1cc(ON2CCC(c3ccc[nH]c3=O)CC2)cc(C)c1C. The van der Waals surface area contributed by atoms with Gasteiger partial charge < -0.3 is 9.82 Å². The van der Waals surface area contributed by atoms with Crippen molar-refractivity contribution >= 4 is 0 Å². The first-order chi connectivity index (χ1) is 11.0. The summed E-state index contributed by atoms with van der Waals surface area (Å²) in [6.07, 6.45) is 3.57. The minimum Gasteiger partial charge on any atom is -0.406 e. The molecule has 23 heavy (non-hydrogen) atoms. The molecule has 0 radical (unpaired) electrons. The Labute approximate surface area is 137 Å². The number of hydroxylamine groups is 2. The van der Waals surface area contributed by atoms with Gasteiger partial charge in [-0.3, -0.25) is 4.79 Å². The average Bonchev–Trinajstić information content (AvgIpc) is 2.54. The molecule has 1 aromatic heterocycles. The molecule has 2 heterocycles. The number of benzene rings is 1. The van der Waals surface area contributed by atoms with Crippen LogP contribution in [0.3, 0.4) is 0 Å². The fourth-order valence-electron chi connectivity index (χ4n) is 3.21. The number of hydrogen-bond acceptors (Lipinski definition) is 3. The van der Waals surface area contributed by atoms with E-state index in [1.807, 2.05) is 17.2 Å². The van der Waals surface area contributed by atoms with E-state index in [-0.39, 0.29) is 5.56 Å². The molecular weight excluding hydrogens is 288 g/mol. The van der Waals surface area contributed by atoms with E-state index in [1.165, 1.54) is 16.7 Å². The highest BCUT2D eigenvalue weighted by Gasteiger charge is 2.23. The molecular formula is C19H24N2O2. The maximum Gasteiger partial charge on any atom is 0.251 e. The number of nitrogens with one attached hydrogen (secondary N) is 1. The average molecular weight is 312 g/mol. The van der Waals surface area contributed by atoms with Crippen molar-refractivity contribution < 1.29 is 4.84 Å². The summed E-state index contributed by atoms with van der Waals surface area (Å²) in [5, 5.41) is 2.01. The lowest BCUT2D eigenvalue weighted by atomic mass is 9.91. The van der Waals surface area contributed by atoms with Crippen molar-refractivity contribution in [2.45, 2.75) is 39.5 Å². The van der Waals surface area contributed by atoms with Gasteiger partial charge in [-0.1, -0.05) is 6.07 Å². The maximum atomic E-state index is 11.9. The summed E-state index contributed by atoms with van der Waals surface area (Å²) in [5.74, 6) is 1.22. The highest BCUT2D eigenvalue weighted by atomic mass is 16.7. The molecule has 0 saturated carbocycles. The Morgan fingerprint density at radius 3 is 2.39 bits per heavy atom. The van der Waals surface area contributed by atoms with Crippen molar-refractivity contribution in [2.75, 3.05) is 13.1 Å². The predicted molar refractivity (Wildman–Crippen MR) is 91.9 cm³/mol. The van der Waals surface area contributed by atoms with Gasteiger partial charge in [0.15, 0.2) is 0 Å². The van der Waals surface area contributed by atoms with Crippen molar-refractivity contribution in [3.8, 4) is 5.75 Å². The second-order valence-electron chi connectivity index (χ2n) is 6.43. The molecule has 0 atom stereocenters. The van der Waals surface area contributed by atoms with Crippen LogP contribution in [0.2, 0.25) is 0 Å². The second kappa shape index (κ2) is 6.59. The zero-order valence-electron chi connectivity index (χ0n) is 14.1. The first-order valence-electron chi connectivity index (χ1n) is 8.23. The Morgan fingerprint density at radius 1 is 1.13 bits per heavy atom. The molecule has 3 rings (SSSR count). The van der Waals surface area contributed by atoms with Crippen LogP contribution in [-0.4, -0.2) is 23.1 Å². The summed E-state index contributed by atoms with van der Waals surface area (Å²) in [4.78, 5) is 20.7. The van der Waals surface area contributed by atoms with Gasteiger partial charge in [0.2, 0.25) is 0 Å². The van der Waals surface area contributed by atoms with Gasteiger partial charge in [-0.25, -0.2) is 0 Å². The molecule has 1 N–H and O–H groups in total. The zero-order chi connectivity index (χ0) is 16.4. The van der Waals surface area contributed by atoms with Gasteiger partial charge in [0.1, 0.15) is 5.75 Å². The highest BCUT2D eigenvalue weighted by molar-refractivity contribution is 5.40. The van der Waals surface area contributed by atoms with Gasteiger partial charge in [0.05, 0.1) is 0 Å². The van der Waals surface area contributed by atoms with Crippen LogP contribution in [0.15, 0.2) is 35.3 Å². The molecule has 0 spiro atoms. The first-order valence-corrected chi connectivity index (χ1v) is 8.23. The maximum absolute atomic E-state index is 11.9. The number of pyridine rings is 1. The summed E-state index contributed by atoms with van der Waals surface area (Å²) in [7, 11) is 0. The van der Waals surface area contributed by atoms with Gasteiger partial charge in [-0.15, -0.1) is 5.06 Å². The van der Waals surface area contributed by atoms with Crippen molar-refractivity contribution in [3.05, 3.63) is 63.1 Å². The third-order valence-corrected chi connectivity index (χ3v) is 4.88. The number of aromatic nitrogens is 1. The third kappa shape index (κ3) is 3.48. The number of aryl methyl sites for hydroxylation is 2. The lowest BCUT2D eigenvalue weighted by molar-refractivity contribution is -0.0757. The lowest BCUT2D eigenvalue weighted by Gasteiger charge is -2.31. The van der Waals surface area contributed by atoms with Crippen LogP contribution in [0.4, 0.5) is 0 Å². The molecule has 122 valence electrons. The van der Waals surface area contributed by atoms with E-state index in [2.05, 4.69) is 37.9 Å². The largest absolute Gasteiger partial charge is 0.406 e. The molecule has 4 heteroatoms. The van der Waals surface area contributed by atoms with Gasteiger partial charge in [-0.2, -0.15) is 0 Å². The number of rotatable bonds is 3. The van der Waals surface area contributed by atoms with E-state index in [1.54, 1.807) is 6.20 Å². The molecule has 1 aliphatic rings. The van der Waals surface area contributed by atoms with Crippen molar-refractivity contribution in [3.63, 3.8) is 0 Å². The van der Waals surface area contributed by atoms with Gasteiger partial charge in [0, 0.05) is 24.8 Å². The Balaban J connectivity index is 1.64. The minimum absolute atomic E-state index is 0.0386. The summed E-state index contributed by atoms with van der Waals surface area (Å²) >= 11 is 0. The van der Waals surface area contributed by atoms with Crippen LogP contribution in [0.25, 0.3) is 0 Å². The van der Waals surface area contributed by atoms with E-state index < -0.39 is 0 Å². The van der Waals surface area contributed by atoms with Crippen LogP contribution < -0.4 is 10.4 Å². The topological polar surface area (TPSA) is 45.3 Å². The normalized spacial score (nSPS) is 16.5. The number of hydrogen-bond donors (Lipinski definition) is 1. The van der Waals surface area contributed by atoms with E-state index in [0.29, 0.717) is 5.92 Å². The molecule has 1 saturated heterocycles. The molecule has 4 nitrogen and oxygen atoms in total. The van der Waals surface area contributed by atoms with E-state index in [9.17, 15) is 4.79 Å². The molecule has 0 amide bonds. The molecule has 2 aromatic rings. The van der Waals surface area contributed by atoms with Crippen LogP contribution >= 0.6 is 0 Å². The van der Waals surface area contributed by atoms with Gasteiger partial charge in [-0.05, 0) is 74.4 Å². The molecule has 1 fully saturated rings. The molecule has 0 aliphatic carbocycles. The highest BCUT2D eigenvalue weighted by Crippen LogP contribution is 2.27. The second-order valence-corrected chi connectivity index (χ2v) is 6.43. The van der Waals surface area contributed by atoms with Crippen molar-refractivity contribution in [1.29, 1.82) is 0 Å². The molecule has 0 unspecified atom stereocenters. The summed E-state index contributed by atoms with van der Waals surface area (Å²) in [6, 6.07) is 8.02. The zero-order valence-corrected chi connectivity index (χ0v) is 14.1. The first kappa shape index (κ1) is 15.8. The Kier molecular flexibility index (Phi) is 4.53. The summed E-state index contributed by atoms with van der Waals surface area (Å²) in [5.41, 5.74) is 4.77. The van der Waals surface area contributed by atoms with Gasteiger partial charge in [0.25, 0.3) is 5.56 Å². The quantitative estimate of drug-likeness (QED) is 0.944. The number of piperidine rings is 1. The van der Waals surface area contributed by atoms with E-state index in [4.69, 9.17) is 4.84 Å². The van der Waals surface area contributed by atoms with Crippen LogP contribution in [0, 0.1) is 20.8 Å². The van der Waals surface area contributed by atoms with Crippen LogP contribution in [0.1, 0.15) is 41.0 Å². The molecule has 1 aliphatic heterocycles. The smallest absolute Gasteiger partial charge is 0.251 e. The fraction of sp³-hybridized carbons (Fsp3) is 0.421. The van der Waals surface area contributed by atoms with Crippen LogP contribution in [-0.2, 0) is 0 Å². The van der Waals surface area contributed by atoms with Crippen molar-refractivity contribution in [1.82, 2.24) is 10.0 Å². The van der Waals surface area contributed by atoms with Crippen molar-refractivity contribution in [2.24, 2.45) is 0 Å². The van der Waals surface area contributed by atoms with E-state index >= 15 is 0 Å². The van der Waals surface area contributed by atoms with Crippen LogP contribution in [0.5, 0.6) is 5.75 Å². The molecule has 1 aromatic carbocycles. The Bertz CT molecular complexity index is 720. The monoisotopic (exact) mass is 312 g/mol. The third-order valence-electron chi connectivity index (χ3n) is 4.88. The summed E-state index contributed by atoms with van der Waals surface area (Å²) < 4.78 is 0. The standard InChI is InChI=1S/C19H24N2O2/c1-13-11-17(12-14(2)15(13)3)23-21-9-6-16(7-10-21)18-5-4-8-20-19(18)22/h4-5,8,11-12,16H,6-7,9-10H2,1-3H3,(H,20,22). The predicted octanol–water partition coefficient (Wildman–Crippen LogP) is 3.47. The lowest BCUT2D eigenvalue weighted by Crippen LogP contribution is -2.36. The van der Waals surface area contributed by atoms with Gasteiger partial charge >= 0.3 is 0 Å². The molecule has 0 bridgehead atoms. The Morgan fingerprint density at radius 2 is 1.78 bits per heavy atom. The summed E-state index contributed by atoms with van der Waals surface area (Å²) in [6.45, 7) is 8.04.